The topological polar surface area (TPSA) is 80.9 Å². The van der Waals surface area contributed by atoms with Crippen molar-refractivity contribution in [2.75, 3.05) is 0 Å². The largest absolute Gasteiger partial charge is 0.387 e. The maximum atomic E-state index is 9.60. The van der Waals surface area contributed by atoms with Gasteiger partial charge in [0.15, 0.2) is 0 Å². The van der Waals surface area contributed by atoms with Crippen LogP contribution in [0.2, 0.25) is 0 Å². The lowest BCUT2D eigenvalue weighted by atomic mass is 9.83. The zero-order chi connectivity index (χ0) is 10.3. The van der Waals surface area contributed by atoms with Gasteiger partial charge in [0.2, 0.25) is 0 Å². The van der Waals surface area contributed by atoms with Crippen molar-refractivity contribution in [2.45, 2.75) is 24.4 Å². The van der Waals surface area contributed by atoms with Crippen LogP contribution in [0.4, 0.5) is 0 Å². The van der Waals surface area contributed by atoms with Crippen LogP contribution in [0, 0.1) is 0 Å². The average molecular weight is 196 g/mol. The van der Waals surface area contributed by atoms with E-state index in [1.165, 1.54) is 0 Å². The summed E-state index contributed by atoms with van der Waals surface area (Å²) in [5.41, 5.74) is 0.940. The van der Waals surface area contributed by atoms with E-state index >= 15 is 0 Å². The highest BCUT2D eigenvalue weighted by Gasteiger charge is 2.39. The highest BCUT2D eigenvalue weighted by molar-refractivity contribution is 5.35. The highest BCUT2D eigenvalue weighted by atomic mass is 16.4. The average Bonchev–Trinajstić information content (AvgIpc) is 2.23. The first-order valence-electron chi connectivity index (χ1n) is 4.44. The Kier molecular flexibility index (Phi) is 2.28. The summed E-state index contributed by atoms with van der Waals surface area (Å²) in [6.45, 7) is 0. The molecule has 0 aromatic heterocycles. The van der Waals surface area contributed by atoms with Crippen LogP contribution in [0.1, 0.15) is 23.3 Å². The number of aliphatic hydroxyl groups excluding tert-OH is 4. The van der Waals surface area contributed by atoms with E-state index in [-0.39, 0.29) is 0 Å². The van der Waals surface area contributed by atoms with Gasteiger partial charge in [-0.15, -0.1) is 0 Å². The molecule has 4 N–H and O–H groups in total. The predicted molar refractivity (Wildman–Crippen MR) is 48.4 cm³/mol. The Hall–Kier alpha value is -0.940. The van der Waals surface area contributed by atoms with Gasteiger partial charge in [-0.25, -0.2) is 0 Å². The molecule has 1 aromatic carbocycles. The van der Waals surface area contributed by atoms with Gasteiger partial charge in [-0.05, 0) is 11.1 Å². The maximum absolute atomic E-state index is 9.60. The molecule has 4 atom stereocenters. The fourth-order valence-electron chi connectivity index (χ4n) is 1.79. The summed E-state index contributed by atoms with van der Waals surface area (Å²) >= 11 is 0. The van der Waals surface area contributed by atoms with Gasteiger partial charge in [0.25, 0.3) is 0 Å². The molecule has 0 fully saturated rings. The lowest BCUT2D eigenvalue weighted by Crippen LogP contribution is -2.41. The minimum atomic E-state index is -1.33. The van der Waals surface area contributed by atoms with Crippen LogP contribution < -0.4 is 0 Å². The zero-order valence-electron chi connectivity index (χ0n) is 7.41. The van der Waals surface area contributed by atoms with Crippen molar-refractivity contribution >= 4 is 0 Å². The van der Waals surface area contributed by atoms with Crippen molar-refractivity contribution in [2.24, 2.45) is 0 Å². The molecule has 1 aliphatic carbocycles. The molecule has 0 heterocycles. The third kappa shape index (κ3) is 1.24. The van der Waals surface area contributed by atoms with E-state index in [0.29, 0.717) is 11.1 Å². The summed E-state index contributed by atoms with van der Waals surface area (Å²) in [7, 11) is 0. The Balaban J connectivity index is 2.51. The van der Waals surface area contributed by atoms with Crippen molar-refractivity contribution in [1.29, 1.82) is 0 Å². The second kappa shape index (κ2) is 3.33. The standard InChI is InChI=1S/C10H12O4/c11-7-5-3-1-2-4-6(5)8(12)10(14)9(7)13/h1-4,7-14H/t7-,8+,9-,10-/m0/s1. The van der Waals surface area contributed by atoms with E-state index < -0.39 is 24.4 Å². The van der Waals surface area contributed by atoms with E-state index in [1.54, 1.807) is 24.3 Å². The summed E-state index contributed by atoms with van der Waals surface area (Å²) in [5, 5.41) is 38.0. The molecule has 1 aromatic rings. The molecular formula is C10H12O4. The summed E-state index contributed by atoms with van der Waals surface area (Å²) in [5.74, 6) is 0. The van der Waals surface area contributed by atoms with Crippen LogP contribution in [0.3, 0.4) is 0 Å². The molecule has 76 valence electrons. The molecule has 0 amide bonds. The normalized spacial score (nSPS) is 36.6. The maximum Gasteiger partial charge on any atom is 0.113 e. The van der Waals surface area contributed by atoms with Crippen molar-refractivity contribution < 1.29 is 20.4 Å². The van der Waals surface area contributed by atoms with Crippen molar-refractivity contribution in [3.63, 3.8) is 0 Å². The smallest absolute Gasteiger partial charge is 0.113 e. The van der Waals surface area contributed by atoms with Gasteiger partial charge in [0.05, 0.1) is 0 Å². The van der Waals surface area contributed by atoms with Crippen LogP contribution in [0.25, 0.3) is 0 Å². The molecule has 14 heavy (non-hydrogen) atoms. The molecule has 4 nitrogen and oxygen atoms in total. The van der Waals surface area contributed by atoms with Crippen LogP contribution >= 0.6 is 0 Å². The number of aliphatic hydroxyl groups is 4. The van der Waals surface area contributed by atoms with Crippen LogP contribution in [0.5, 0.6) is 0 Å². The van der Waals surface area contributed by atoms with Crippen molar-refractivity contribution in [3.8, 4) is 0 Å². The Morgan fingerprint density at radius 2 is 1.07 bits per heavy atom. The molecule has 2 rings (SSSR count). The predicted octanol–water partition coefficient (Wildman–Crippen LogP) is -0.511. The Bertz CT molecular complexity index is 306. The van der Waals surface area contributed by atoms with Gasteiger partial charge in [-0.1, -0.05) is 24.3 Å². The minimum Gasteiger partial charge on any atom is -0.387 e. The molecule has 0 unspecified atom stereocenters. The highest BCUT2D eigenvalue weighted by Crippen LogP contribution is 2.36. The quantitative estimate of drug-likeness (QED) is 0.450. The van der Waals surface area contributed by atoms with Crippen molar-refractivity contribution in [3.05, 3.63) is 35.4 Å². The molecule has 0 radical (unpaired) electrons. The van der Waals surface area contributed by atoms with Crippen LogP contribution in [-0.2, 0) is 0 Å². The first-order valence-corrected chi connectivity index (χ1v) is 4.44. The van der Waals surface area contributed by atoms with Crippen molar-refractivity contribution in [1.82, 2.24) is 0 Å². The molecule has 0 saturated carbocycles. The van der Waals surface area contributed by atoms with Gasteiger partial charge in [-0.3, -0.25) is 0 Å². The lowest BCUT2D eigenvalue weighted by Gasteiger charge is -2.34. The van der Waals surface area contributed by atoms with Crippen LogP contribution in [-0.4, -0.2) is 32.6 Å². The van der Waals surface area contributed by atoms with Gasteiger partial charge in [-0.2, -0.15) is 0 Å². The van der Waals surface area contributed by atoms with Gasteiger partial charge < -0.3 is 20.4 Å². The number of rotatable bonds is 0. The Morgan fingerprint density at radius 3 is 1.43 bits per heavy atom. The fourth-order valence-corrected chi connectivity index (χ4v) is 1.79. The molecule has 0 aliphatic heterocycles. The number of benzene rings is 1. The summed E-state index contributed by atoms with van der Waals surface area (Å²) in [4.78, 5) is 0. The molecule has 4 heteroatoms. The number of hydrogen-bond acceptors (Lipinski definition) is 4. The third-order valence-corrected chi connectivity index (χ3v) is 2.63. The van der Waals surface area contributed by atoms with E-state index in [2.05, 4.69) is 0 Å². The second-order valence-corrected chi connectivity index (χ2v) is 3.50. The van der Waals surface area contributed by atoms with Gasteiger partial charge >= 0.3 is 0 Å². The minimum absolute atomic E-state index is 0.470. The monoisotopic (exact) mass is 196 g/mol. The first kappa shape index (κ1) is 9.61. The second-order valence-electron chi connectivity index (χ2n) is 3.50. The Morgan fingerprint density at radius 1 is 0.714 bits per heavy atom. The SMILES string of the molecule is O[C@@H]1[C@@H](O)[C@@H](O)c2ccccc2[C@H]1O. The number of fused-ring (bicyclic) bond motifs is 1. The van der Waals surface area contributed by atoms with Gasteiger partial charge in [0, 0.05) is 0 Å². The lowest BCUT2D eigenvalue weighted by molar-refractivity contribution is -0.120. The van der Waals surface area contributed by atoms with E-state index in [0.717, 1.165) is 0 Å². The molecular weight excluding hydrogens is 184 g/mol. The number of hydrogen-bond donors (Lipinski definition) is 4. The third-order valence-electron chi connectivity index (χ3n) is 2.63. The van der Waals surface area contributed by atoms with Gasteiger partial charge in [0.1, 0.15) is 24.4 Å². The zero-order valence-corrected chi connectivity index (χ0v) is 7.41. The summed E-state index contributed by atoms with van der Waals surface area (Å²) < 4.78 is 0. The summed E-state index contributed by atoms with van der Waals surface area (Å²) in [6.07, 6.45) is -4.94. The molecule has 0 spiro atoms. The summed E-state index contributed by atoms with van der Waals surface area (Å²) in [6, 6.07) is 6.66. The fraction of sp³-hybridized carbons (Fsp3) is 0.400. The van der Waals surface area contributed by atoms with E-state index in [9.17, 15) is 20.4 Å². The van der Waals surface area contributed by atoms with E-state index in [4.69, 9.17) is 0 Å². The molecule has 0 saturated heterocycles. The first-order chi connectivity index (χ1) is 6.63. The molecule has 1 aliphatic rings. The van der Waals surface area contributed by atoms with Crippen LogP contribution in [0.15, 0.2) is 24.3 Å². The van der Waals surface area contributed by atoms with E-state index in [1.807, 2.05) is 0 Å². The Labute approximate surface area is 81.1 Å². The molecule has 0 bridgehead atoms.